The molecule has 0 radical (unpaired) electrons. The Balaban J connectivity index is 1.42. The molecule has 30 heavy (non-hydrogen) atoms. The maximum absolute atomic E-state index is 12.5. The lowest BCUT2D eigenvalue weighted by Gasteiger charge is -2.04. The molecule has 0 saturated carbocycles. The van der Waals surface area contributed by atoms with Crippen molar-refractivity contribution in [2.24, 2.45) is 0 Å². The number of aromatic nitrogens is 2. The summed E-state index contributed by atoms with van der Waals surface area (Å²) in [5.41, 5.74) is 1.71. The van der Waals surface area contributed by atoms with Gasteiger partial charge in [0.1, 0.15) is 4.83 Å². The van der Waals surface area contributed by atoms with Crippen molar-refractivity contribution in [1.82, 2.24) is 15.5 Å². The molecule has 3 N–H and O–H groups in total. The molecule has 0 fully saturated rings. The minimum absolute atomic E-state index is 0.173. The van der Waals surface area contributed by atoms with E-state index in [0.29, 0.717) is 37.5 Å². The normalized spacial score (nSPS) is 10.9. The van der Waals surface area contributed by atoms with Gasteiger partial charge in [0.05, 0.1) is 16.7 Å². The molecule has 2 aromatic carbocycles. The summed E-state index contributed by atoms with van der Waals surface area (Å²) in [5, 5.41) is 14.5. The van der Waals surface area contributed by atoms with E-state index < -0.39 is 0 Å². The topological polar surface area (TPSA) is 86.9 Å². The minimum atomic E-state index is -0.219. The molecule has 152 valence electrons. The van der Waals surface area contributed by atoms with Crippen LogP contribution >= 0.6 is 34.5 Å². The third kappa shape index (κ3) is 4.81. The molecule has 0 unspecified atom stereocenters. The van der Waals surface area contributed by atoms with Crippen molar-refractivity contribution in [1.29, 1.82) is 0 Å². The van der Waals surface area contributed by atoms with Crippen molar-refractivity contribution >= 4 is 62.4 Å². The fourth-order valence-corrected chi connectivity index (χ4v) is 4.29. The third-order valence-corrected chi connectivity index (χ3v) is 5.84. The summed E-state index contributed by atoms with van der Waals surface area (Å²) >= 11 is 13.2. The molecule has 0 atom stereocenters. The Labute approximate surface area is 186 Å². The van der Waals surface area contributed by atoms with Gasteiger partial charge in [-0.3, -0.25) is 14.7 Å². The Bertz CT molecular complexity index is 1230. The van der Waals surface area contributed by atoms with E-state index in [2.05, 4.69) is 20.8 Å². The van der Waals surface area contributed by atoms with Gasteiger partial charge in [0, 0.05) is 16.6 Å². The Morgan fingerprint density at radius 2 is 1.70 bits per heavy atom. The smallest absolute Gasteiger partial charge is 0.261 e. The number of fused-ring (bicyclic) bond motifs is 1. The van der Waals surface area contributed by atoms with Gasteiger partial charge in [0.15, 0.2) is 5.82 Å². The summed E-state index contributed by atoms with van der Waals surface area (Å²) in [5.74, 6) is -0.0354. The molecule has 2 amide bonds. The fourth-order valence-electron chi connectivity index (χ4n) is 2.95. The highest BCUT2D eigenvalue weighted by Crippen LogP contribution is 2.29. The molecule has 6 nitrogen and oxygen atoms in total. The fraction of sp³-hybridized carbons (Fsp3) is 0.0952. The Kier molecular flexibility index (Phi) is 6.03. The molecule has 0 aliphatic rings. The monoisotopic (exact) mass is 458 g/mol. The molecule has 0 saturated heterocycles. The number of aromatic amines is 1. The van der Waals surface area contributed by atoms with Crippen LogP contribution in [0.1, 0.15) is 20.8 Å². The molecule has 2 aromatic heterocycles. The first kappa shape index (κ1) is 20.4. The van der Waals surface area contributed by atoms with E-state index in [1.54, 1.807) is 36.4 Å². The van der Waals surface area contributed by atoms with E-state index in [1.165, 1.54) is 11.3 Å². The number of anilines is 1. The lowest BCUT2D eigenvalue weighted by molar-refractivity contribution is -0.115. The number of halogens is 2. The molecule has 2 heterocycles. The lowest BCUT2D eigenvalue weighted by Crippen LogP contribution is -2.21. The van der Waals surface area contributed by atoms with Crippen LogP contribution in [-0.4, -0.2) is 22.0 Å². The number of amides is 2. The van der Waals surface area contributed by atoms with Crippen LogP contribution in [0.2, 0.25) is 10.0 Å². The van der Waals surface area contributed by atoms with Crippen LogP contribution in [0.15, 0.2) is 54.6 Å². The van der Waals surface area contributed by atoms with Crippen LogP contribution in [0.5, 0.6) is 0 Å². The second-order valence-electron chi connectivity index (χ2n) is 6.59. The summed E-state index contributed by atoms with van der Waals surface area (Å²) < 4.78 is 0. The van der Waals surface area contributed by atoms with Gasteiger partial charge in [-0.15, -0.1) is 11.3 Å². The van der Waals surface area contributed by atoms with Crippen LogP contribution in [0, 0.1) is 0 Å². The number of hydrogen-bond acceptors (Lipinski definition) is 4. The van der Waals surface area contributed by atoms with Crippen LogP contribution in [0.3, 0.4) is 0 Å². The van der Waals surface area contributed by atoms with Gasteiger partial charge in [0.25, 0.3) is 5.91 Å². The third-order valence-electron chi connectivity index (χ3n) is 4.33. The van der Waals surface area contributed by atoms with Crippen molar-refractivity contribution in [2.75, 3.05) is 5.32 Å². The first-order chi connectivity index (χ1) is 14.5. The number of carbonyl (C=O) groups excluding carboxylic acids is 2. The largest absolute Gasteiger partial charge is 0.347 e. The van der Waals surface area contributed by atoms with Gasteiger partial charge < -0.3 is 10.6 Å². The number of H-pyrrole nitrogens is 1. The summed E-state index contributed by atoms with van der Waals surface area (Å²) in [6.45, 7) is 0.368. The number of nitrogens with one attached hydrogen (secondary N) is 3. The second kappa shape index (κ2) is 8.87. The Morgan fingerprint density at radius 1 is 1.00 bits per heavy atom. The SMILES string of the molecule is O=C(Cc1cccc(Cl)c1)Nc1n[nH]c2sc(C(=O)NCc3cccc(Cl)c3)cc12. The van der Waals surface area contributed by atoms with Crippen LogP contribution in [-0.2, 0) is 17.8 Å². The van der Waals surface area contributed by atoms with Crippen molar-refractivity contribution in [3.63, 3.8) is 0 Å². The van der Waals surface area contributed by atoms with Crippen LogP contribution in [0.25, 0.3) is 10.2 Å². The highest BCUT2D eigenvalue weighted by molar-refractivity contribution is 7.20. The average molecular weight is 459 g/mol. The van der Waals surface area contributed by atoms with Gasteiger partial charge in [-0.25, -0.2) is 0 Å². The van der Waals surface area contributed by atoms with Gasteiger partial charge >= 0.3 is 0 Å². The zero-order chi connectivity index (χ0) is 21.1. The molecule has 0 bridgehead atoms. The zero-order valence-electron chi connectivity index (χ0n) is 15.5. The summed E-state index contributed by atoms with van der Waals surface area (Å²) in [6, 6.07) is 16.2. The predicted octanol–water partition coefficient (Wildman–Crippen LogP) is 5.04. The van der Waals surface area contributed by atoms with Crippen molar-refractivity contribution in [3.8, 4) is 0 Å². The first-order valence-electron chi connectivity index (χ1n) is 9.03. The zero-order valence-corrected chi connectivity index (χ0v) is 17.9. The van der Waals surface area contributed by atoms with Crippen molar-refractivity contribution in [2.45, 2.75) is 13.0 Å². The molecular formula is C21H16Cl2N4O2S. The van der Waals surface area contributed by atoms with E-state index in [1.807, 2.05) is 18.2 Å². The first-order valence-corrected chi connectivity index (χ1v) is 10.6. The highest BCUT2D eigenvalue weighted by Gasteiger charge is 2.16. The van der Waals surface area contributed by atoms with E-state index in [0.717, 1.165) is 11.1 Å². The van der Waals surface area contributed by atoms with Gasteiger partial charge in [0.2, 0.25) is 5.91 Å². The van der Waals surface area contributed by atoms with E-state index in [-0.39, 0.29) is 18.2 Å². The van der Waals surface area contributed by atoms with E-state index in [4.69, 9.17) is 23.2 Å². The summed E-state index contributed by atoms with van der Waals surface area (Å²) in [6.07, 6.45) is 0.173. The van der Waals surface area contributed by atoms with Crippen molar-refractivity contribution < 1.29 is 9.59 Å². The number of rotatable bonds is 6. The molecule has 0 aliphatic heterocycles. The van der Waals surface area contributed by atoms with Crippen LogP contribution in [0.4, 0.5) is 5.82 Å². The quantitative estimate of drug-likeness (QED) is 0.378. The van der Waals surface area contributed by atoms with Crippen molar-refractivity contribution in [3.05, 3.63) is 80.6 Å². The van der Waals surface area contributed by atoms with Gasteiger partial charge in [-0.1, -0.05) is 47.5 Å². The summed E-state index contributed by atoms with van der Waals surface area (Å²) in [4.78, 5) is 26.1. The van der Waals surface area contributed by atoms with Gasteiger partial charge in [-0.05, 0) is 41.5 Å². The number of carbonyl (C=O) groups is 2. The molecule has 0 spiro atoms. The average Bonchev–Trinajstić information content (AvgIpc) is 3.28. The Morgan fingerprint density at radius 3 is 2.43 bits per heavy atom. The van der Waals surface area contributed by atoms with Crippen LogP contribution < -0.4 is 10.6 Å². The molecule has 4 aromatic rings. The van der Waals surface area contributed by atoms with E-state index in [9.17, 15) is 9.59 Å². The highest BCUT2D eigenvalue weighted by atomic mass is 35.5. The maximum atomic E-state index is 12.5. The Hall–Kier alpha value is -2.87. The molecule has 4 rings (SSSR count). The molecular weight excluding hydrogens is 443 g/mol. The second-order valence-corrected chi connectivity index (χ2v) is 8.52. The maximum Gasteiger partial charge on any atom is 0.261 e. The lowest BCUT2D eigenvalue weighted by atomic mass is 10.1. The standard InChI is InChI=1S/C21H16Cl2N4O2S/c22-14-5-1-3-12(7-14)9-18(28)25-19-16-10-17(30-21(16)27-26-19)20(29)24-11-13-4-2-6-15(23)8-13/h1-8,10H,9,11H2,(H,24,29)(H2,25,26,27,28). The number of thiophene rings is 1. The van der Waals surface area contributed by atoms with Gasteiger partial charge in [-0.2, -0.15) is 5.10 Å². The number of benzene rings is 2. The molecule has 0 aliphatic carbocycles. The van der Waals surface area contributed by atoms with E-state index >= 15 is 0 Å². The number of nitrogens with zero attached hydrogens (tertiary/aromatic N) is 1. The number of hydrogen-bond donors (Lipinski definition) is 3. The predicted molar refractivity (Wildman–Crippen MR) is 120 cm³/mol. The minimum Gasteiger partial charge on any atom is -0.347 e. The summed E-state index contributed by atoms with van der Waals surface area (Å²) in [7, 11) is 0. The molecule has 9 heteroatoms.